The first-order chi connectivity index (χ1) is 11.9. The topological polar surface area (TPSA) is 90.1 Å². The van der Waals surface area contributed by atoms with Crippen molar-refractivity contribution in [2.45, 2.75) is 13.3 Å². The van der Waals surface area contributed by atoms with Gasteiger partial charge in [-0.15, -0.1) is 0 Å². The highest BCUT2D eigenvalue weighted by Gasteiger charge is 2.12. The number of aliphatic hydroxyl groups is 1. The standard InChI is InChI=1S/C19H18ClNO4/c1-12(19(24)25)10-11-21-17(13-4-8-16(22)9-5-13)18(23)14-2-6-15(20)7-3-14/h2-9,11-12,22-23H,10H2,1H3,(H,24,25)/b18-17-,21-11?. The monoisotopic (exact) mass is 359 g/mol. The third kappa shape index (κ3) is 5.09. The number of hydrogen-bond donors (Lipinski definition) is 3. The lowest BCUT2D eigenvalue weighted by Crippen LogP contribution is -2.09. The molecule has 1 atom stereocenters. The van der Waals surface area contributed by atoms with E-state index in [-0.39, 0.29) is 23.6 Å². The Morgan fingerprint density at radius 3 is 2.20 bits per heavy atom. The molecule has 0 aliphatic heterocycles. The Kier molecular flexibility index (Phi) is 6.19. The fourth-order valence-corrected chi connectivity index (χ4v) is 2.17. The molecule has 0 amide bonds. The van der Waals surface area contributed by atoms with Crippen molar-refractivity contribution in [2.75, 3.05) is 0 Å². The van der Waals surface area contributed by atoms with Crippen molar-refractivity contribution in [3.63, 3.8) is 0 Å². The second-order valence-electron chi connectivity index (χ2n) is 5.54. The van der Waals surface area contributed by atoms with Crippen LogP contribution in [0, 0.1) is 5.92 Å². The molecular formula is C19H18ClNO4. The molecule has 0 heterocycles. The van der Waals surface area contributed by atoms with Crippen molar-refractivity contribution in [3.8, 4) is 5.75 Å². The van der Waals surface area contributed by atoms with Gasteiger partial charge in [0.2, 0.25) is 0 Å². The average molecular weight is 360 g/mol. The molecule has 25 heavy (non-hydrogen) atoms. The lowest BCUT2D eigenvalue weighted by atomic mass is 10.1. The van der Waals surface area contributed by atoms with Crippen LogP contribution in [0.3, 0.4) is 0 Å². The number of nitrogens with zero attached hydrogens (tertiary/aromatic N) is 1. The molecule has 3 N–H and O–H groups in total. The van der Waals surface area contributed by atoms with Crippen molar-refractivity contribution < 1.29 is 20.1 Å². The van der Waals surface area contributed by atoms with Crippen molar-refractivity contribution >= 4 is 35.2 Å². The molecule has 0 aliphatic rings. The van der Waals surface area contributed by atoms with Crippen LogP contribution in [0.25, 0.3) is 11.5 Å². The average Bonchev–Trinajstić information content (AvgIpc) is 2.59. The maximum absolute atomic E-state index is 10.9. The maximum atomic E-state index is 10.9. The largest absolute Gasteiger partial charge is 0.508 e. The number of carboxylic acid groups (broad SMARTS) is 1. The first-order valence-corrected chi connectivity index (χ1v) is 8.00. The number of benzene rings is 2. The van der Waals surface area contributed by atoms with Crippen LogP contribution in [0.4, 0.5) is 0 Å². The van der Waals surface area contributed by atoms with Gasteiger partial charge in [0.25, 0.3) is 0 Å². The van der Waals surface area contributed by atoms with Gasteiger partial charge in [0.1, 0.15) is 17.2 Å². The molecule has 0 aromatic heterocycles. The molecule has 1 unspecified atom stereocenters. The SMILES string of the molecule is CC(CC=N/C(=C(\O)c1ccc(Cl)cc1)c1ccc(O)cc1)C(=O)O. The van der Waals surface area contributed by atoms with E-state index in [1.54, 1.807) is 43.3 Å². The molecule has 2 aromatic carbocycles. The van der Waals surface area contributed by atoms with Crippen molar-refractivity contribution in [2.24, 2.45) is 10.9 Å². The molecule has 6 heteroatoms. The molecule has 0 saturated carbocycles. The third-order valence-corrected chi connectivity index (χ3v) is 3.84. The summed E-state index contributed by atoms with van der Waals surface area (Å²) in [6.07, 6.45) is 1.69. The molecule has 2 rings (SSSR count). The number of phenols is 1. The van der Waals surface area contributed by atoms with E-state index < -0.39 is 11.9 Å². The van der Waals surface area contributed by atoms with Crippen LogP contribution in [0.1, 0.15) is 24.5 Å². The highest BCUT2D eigenvalue weighted by atomic mass is 35.5. The quantitative estimate of drug-likeness (QED) is 0.399. The first-order valence-electron chi connectivity index (χ1n) is 7.62. The highest BCUT2D eigenvalue weighted by Crippen LogP contribution is 2.27. The van der Waals surface area contributed by atoms with Gasteiger partial charge in [-0.1, -0.05) is 18.5 Å². The third-order valence-electron chi connectivity index (χ3n) is 3.58. The van der Waals surface area contributed by atoms with Gasteiger partial charge in [0, 0.05) is 22.4 Å². The van der Waals surface area contributed by atoms with Crippen LogP contribution < -0.4 is 0 Å². The number of aliphatic hydroxyl groups excluding tert-OH is 1. The van der Waals surface area contributed by atoms with Gasteiger partial charge in [-0.25, -0.2) is 0 Å². The van der Waals surface area contributed by atoms with Crippen LogP contribution in [-0.4, -0.2) is 27.5 Å². The molecule has 130 valence electrons. The summed E-state index contributed by atoms with van der Waals surface area (Å²) in [4.78, 5) is 15.2. The van der Waals surface area contributed by atoms with Gasteiger partial charge in [-0.3, -0.25) is 9.79 Å². The van der Waals surface area contributed by atoms with Gasteiger partial charge in [0.15, 0.2) is 0 Å². The van der Waals surface area contributed by atoms with E-state index in [4.69, 9.17) is 16.7 Å². The molecule has 0 aliphatic carbocycles. The number of rotatable bonds is 6. The van der Waals surface area contributed by atoms with Gasteiger partial charge < -0.3 is 15.3 Å². The number of phenolic OH excluding ortho intramolecular Hbond substituents is 1. The van der Waals surface area contributed by atoms with Gasteiger partial charge in [-0.2, -0.15) is 0 Å². The fourth-order valence-electron chi connectivity index (χ4n) is 2.04. The highest BCUT2D eigenvalue weighted by molar-refractivity contribution is 6.30. The zero-order chi connectivity index (χ0) is 18.4. The van der Waals surface area contributed by atoms with Crippen LogP contribution in [0.5, 0.6) is 5.75 Å². The predicted octanol–water partition coefficient (Wildman–Crippen LogP) is 4.61. The summed E-state index contributed by atoms with van der Waals surface area (Å²) in [6.45, 7) is 1.58. The van der Waals surface area contributed by atoms with Crippen molar-refractivity contribution in [3.05, 3.63) is 64.7 Å². The summed E-state index contributed by atoms with van der Waals surface area (Å²) in [6, 6.07) is 12.8. The predicted molar refractivity (Wildman–Crippen MR) is 98.9 cm³/mol. The lowest BCUT2D eigenvalue weighted by Gasteiger charge is -2.08. The Labute approximate surface area is 150 Å². The minimum Gasteiger partial charge on any atom is -0.508 e. The number of carbonyl (C=O) groups is 1. The molecular weight excluding hydrogens is 342 g/mol. The maximum Gasteiger partial charge on any atom is 0.306 e. The van der Waals surface area contributed by atoms with E-state index in [1.165, 1.54) is 18.3 Å². The Morgan fingerprint density at radius 1 is 1.08 bits per heavy atom. The van der Waals surface area contributed by atoms with Crippen LogP contribution in [0.15, 0.2) is 53.5 Å². The van der Waals surface area contributed by atoms with Crippen LogP contribution in [-0.2, 0) is 4.79 Å². The van der Waals surface area contributed by atoms with E-state index >= 15 is 0 Å². The molecule has 0 radical (unpaired) electrons. The first kappa shape index (κ1) is 18.5. The van der Waals surface area contributed by atoms with E-state index in [0.29, 0.717) is 16.1 Å². The second kappa shape index (κ2) is 8.35. The summed E-state index contributed by atoms with van der Waals surface area (Å²) in [7, 11) is 0. The van der Waals surface area contributed by atoms with Crippen molar-refractivity contribution in [1.29, 1.82) is 0 Å². The summed E-state index contributed by atoms with van der Waals surface area (Å²) < 4.78 is 0. The summed E-state index contributed by atoms with van der Waals surface area (Å²) >= 11 is 5.87. The zero-order valence-corrected chi connectivity index (χ0v) is 14.3. The Hall–Kier alpha value is -2.79. The van der Waals surface area contributed by atoms with Crippen LogP contribution >= 0.6 is 11.6 Å². The summed E-state index contributed by atoms with van der Waals surface area (Å²) in [5, 5.41) is 29.5. The Balaban J connectivity index is 2.42. The number of halogens is 1. The minimum absolute atomic E-state index is 0.0680. The minimum atomic E-state index is -0.913. The normalized spacial score (nSPS) is 13.5. The zero-order valence-electron chi connectivity index (χ0n) is 13.6. The number of aromatic hydroxyl groups is 1. The van der Waals surface area contributed by atoms with Crippen LogP contribution in [0.2, 0.25) is 5.02 Å². The number of aliphatic imine (C=N–C) groups is 1. The molecule has 0 saturated heterocycles. The fraction of sp³-hybridized carbons (Fsp3) is 0.158. The Morgan fingerprint density at radius 2 is 1.64 bits per heavy atom. The van der Waals surface area contributed by atoms with Gasteiger partial charge >= 0.3 is 5.97 Å². The number of aliphatic carboxylic acids is 1. The summed E-state index contributed by atoms with van der Waals surface area (Å²) in [5.74, 6) is -1.47. The van der Waals surface area contributed by atoms with Gasteiger partial charge in [-0.05, 0) is 55.0 Å². The number of hydrogen-bond acceptors (Lipinski definition) is 4. The van der Waals surface area contributed by atoms with E-state index in [2.05, 4.69) is 4.99 Å². The van der Waals surface area contributed by atoms with E-state index in [9.17, 15) is 15.0 Å². The Bertz CT molecular complexity index is 795. The smallest absolute Gasteiger partial charge is 0.306 e. The van der Waals surface area contributed by atoms with E-state index in [1.807, 2.05) is 0 Å². The summed E-state index contributed by atoms with van der Waals surface area (Å²) in [5.41, 5.74) is 1.39. The molecule has 0 fully saturated rings. The molecule has 5 nitrogen and oxygen atoms in total. The molecule has 0 bridgehead atoms. The van der Waals surface area contributed by atoms with Gasteiger partial charge in [0.05, 0.1) is 5.92 Å². The lowest BCUT2D eigenvalue weighted by molar-refractivity contribution is -0.140. The number of carboxylic acids is 1. The molecule has 0 spiro atoms. The molecule has 2 aromatic rings. The second-order valence-corrected chi connectivity index (χ2v) is 5.97. The van der Waals surface area contributed by atoms with Crippen molar-refractivity contribution in [1.82, 2.24) is 0 Å². The van der Waals surface area contributed by atoms with E-state index in [0.717, 1.165) is 0 Å².